The Kier molecular flexibility index (Phi) is 5.10. The minimum atomic E-state index is -3.86. The van der Waals surface area contributed by atoms with Crippen molar-refractivity contribution in [1.82, 2.24) is 14.4 Å². The zero-order chi connectivity index (χ0) is 14.7. The molecule has 0 aromatic carbocycles. The Balaban J connectivity index is 2.71. The molecule has 0 aliphatic carbocycles. The molecule has 0 atom stereocenters. The highest BCUT2D eigenvalue weighted by Crippen LogP contribution is 2.09. The van der Waals surface area contributed by atoms with Crippen molar-refractivity contribution in [2.45, 2.75) is 4.90 Å². The van der Waals surface area contributed by atoms with Crippen LogP contribution in [-0.2, 0) is 20.0 Å². The van der Waals surface area contributed by atoms with Gasteiger partial charge in [0.1, 0.15) is 5.02 Å². The fourth-order valence-corrected chi connectivity index (χ4v) is 2.83. The van der Waals surface area contributed by atoms with Crippen LogP contribution in [0.3, 0.4) is 0 Å². The molecule has 1 aromatic rings. The molecule has 1 heterocycles. The highest BCUT2D eigenvalue weighted by Gasteiger charge is 2.15. The lowest BCUT2D eigenvalue weighted by atomic mass is 10.5. The minimum absolute atomic E-state index is 0.0881. The Morgan fingerprint density at radius 3 is 2.32 bits per heavy atom. The molecule has 1 rings (SSSR count). The molecule has 11 heteroatoms. The molecule has 0 saturated carbocycles. The SMILES string of the molecule is CS(=O)(=O)NCCNS(=O)(=O)c1c[nH]c(=O)c(Cl)c1. The van der Waals surface area contributed by atoms with E-state index in [9.17, 15) is 21.6 Å². The largest absolute Gasteiger partial charge is 0.326 e. The van der Waals surface area contributed by atoms with Gasteiger partial charge in [0, 0.05) is 19.3 Å². The lowest BCUT2D eigenvalue weighted by Gasteiger charge is -2.07. The molecule has 1 aromatic heterocycles. The predicted octanol–water partition coefficient (Wildman–Crippen LogP) is -1.14. The molecule has 8 nitrogen and oxygen atoms in total. The van der Waals surface area contributed by atoms with E-state index in [0.717, 1.165) is 18.5 Å². The number of rotatable bonds is 6. The maximum absolute atomic E-state index is 11.8. The van der Waals surface area contributed by atoms with Crippen LogP contribution < -0.4 is 15.0 Å². The van der Waals surface area contributed by atoms with Gasteiger partial charge in [-0.1, -0.05) is 11.6 Å². The Labute approximate surface area is 115 Å². The number of halogens is 1. The molecule has 0 fully saturated rings. The lowest BCUT2D eigenvalue weighted by Crippen LogP contribution is -2.34. The Morgan fingerprint density at radius 2 is 1.79 bits per heavy atom. The van der Waals surface area contributed by atoms with E-state index in [2.05, 4.69) is 14.4 Å². The highest BCUT2D eigenvalue weighted by molar-refractivity contribution is 7.89. The van der Waals surface area contributed by atoms with Crippen LogP contribution in [0.25, 0.3) is 0 Å². The summed E-state index contributed by atoms with van der Waals surface area (Å²) in [5, 5.41) is -0.253. The van der Waals surface area contributed by atoms with Crippen molar-refractivity contribution in [2.24, 2.45) is 0 Å². The second-order valence-corrected chi connectivity index (χ2v) is 7.58. The van der Waals surface area contributed by atoms with Crippen LogP contribution >= 0.6 is 11.6 Å². The lowest BCUT2D eigenvalue weighted by molar-refractivity contribution is 0.573. The first-order valence-corrected chi connectivity index (χ1v) is 8.69. The summed E-state index contributed by atoms with van der Waals surface area (Å²) in [5.41, 5.74) is -0.598. The van der Waals surface area contributed by atoms with Crippen LogP contribution in [-0.4, -0.2) is 41.2 Å². The van der Waals surface area contributed by atoms with E-state index in [0.29, 0.717) is 0 Å². The summed E-state index contributed by atoms with van der Waals surface area (Å²) in [7, 11) is -7.23. The highest BCUT2D eigenvalue weighted by atomic mass is 35.5. The van der Waals surface area contributed by atoms with Crippen LogP contribution in [0.1, 0.15) is 0 Å². The van der Waals surface area contributed by atoms with E-state index in [1.807, 2.05) is 0 Å². The second-order valence-electron chi connectivity index (χ2n) is 3.58. The van der Waals surface area contributed by atoms with E-state index in [-0.39, 0.29) is 23.0 Å². The van der Waals surface area contributed by atoms with E-state index in [1.54, 1.807) is 0 Å². The molecule has 0 spiro atoms. The third-order valence-corrected chi connectivity index (χ3v) is 4.37. The standard InChI is InChI=1S/C8H12ClN3O5S2/c1-18(14,15)11-2-3-12-19(16,17)6-4-7(9)8(13)10-5-6/h4-5,11-12H,2-3H2,1H3,(H,10,13). The summed E-state index contributed by atoms with van der Waals surface area (Å²) in [5.74, 6) is 0. The van der Waals surface area contributed by atoms with Gasteiger partial charge < -0.3 is 4.98 Å². The van der Waals surface area contributed by atoms with Gasteiger partial charge in [-0.3, -0.25) is 4.79 Å². The van der Waals surface area contributed by atoms with E-state index in [4.69, 9.17) is 11.6 Å². The van der Waals surface area contributed by atoms with Gasteiger partial charge in [0.15, 0.2) is 0 Å². The molecule has 0 radical (unpaired) electrons. The molecule has 3 N–H and O–H groups in total. The van der Waals surface area contributed by atoms with Gasteiger partial charge in [0.25, 0.3) is 5.56 Å². The van der Waals surface area contributed by atoms with Crippen LogP contribution in [0.2, 0.25) is 5.02 Å². The number of H-pyrrole nitrogens is 1. The Morgan fingerprint density at radius 1 is 1.21 bits per heavy atom. The number of nitrogens with one attached hydrogen (secondary N) is 3. The molecule has 0 bridgehead atoms. The van der Waals surface area contributed by atoms with Gasteiger partial charge in [-0.2, -0.15) is 0 Å². The maximum Gasteiger partial charge on any atom is 0.266 e. The molecule has 108 valence electrons. The van der Waals surface area contributed by atoms with Gasteiger partial charge in [-0.25, -0.2) is 26.3 Å². The second kappa shape index (κ2) is 6.01. The van der Waals surface area contributed by atoms with Gasteiger partial charge in [-0.15, -0.1) is 0 Å². The molecule has 0 aliphatic heterocycles. The van der Waals surface area contributed by atoms with Gasteiger partial charge >= 0.3 is 0 Å². The van der Waals surface area contributed by atoms with Crippen molar-refractivity contribution in [3.63, 3.8) is 0 Å². The summed E-state index contributed by atoms with van der Waals surface area (Å²) in [6.45, 7) is -0.221. The summed E-state index contributed by atoms with van der Waals surface area (Å²) < 4.78 is 49.3. The van der Waals surface area contributed by atoms with Crippen LogP contribution in [0, 0.1) is 0 Å². The van der Waals surface area contributed by atoms with Crippen molar-refractivity contribution in [3.8, 4) is 0 Å². The molecule has 0 amide bonds. The van der Waals surface area contributed by atoms with E-state index < -0.39 is 25.6 Å². The Hall–Kier alpha value is -0.940. The molecular formula is C8H12ClN3O5S2. The fraction of sp³-hybridized carbons (Fsp3) is 0.375. The average molecular weight is 330 g/mol. The minimum Gasteiger partial charge on any atom is -0.326 e. The first-order chi connectivity index (χ1) is 8.62. The monoisotopic (exact) mass is 329 g/mol. The molecule has 0 saturated heterocycles. The molecule has 0 aliphatic rings. The Bertz CT molecular complexity index is 710. The number of pyridine rings is 1. The van der Waals surface area contributed by atoms with Gasteiger partial charge in [-0.05, 0) is 6.07 Å². The van der Waals surface area contributed by atoms with Gasteiger partial charge in [0.2, 0.25) is 20.0 Å². The van der Waals surface area contributed by atoms with Crippen LogP contribution in [0.4, 0.5) is 0 Å². The normalized spacial score (nSPS) is 12.5. The van der Waals surface area contributed by atoms with Crippen molar-refractivity contribution in [3.05, 3.63) is 27.6 Å². The van der Waals surface area contributed by atoms with Crippen molar-refractivity contribution in [1.29, 1.82) is 0 Å². The average Bonchev–Trinajstić information content (AvgIpc) is 2.27. The number of hydrogen-bond donors (Lipinski definition) is 3. The fourth-order valence-electron chi connectivity index (χ4n) is 1.10. The smallest absolute Gasteiger partial charge is 0.266 e. The quantitative estimate of drug-likeness (QED) is 0.569. The first-order valence-electron chi connectivity index (χ1n) is 4.94. The number of aromatic nitrogens is 1. The van der Waals surface area contributed by atoms with E-state index in [1.165, 1.54) is 0 Å². The number of sulfonamides is 2. The summed E-state index contributed by atoms with van der Waals surface area (Å²) in [4.78, 5) is 12.9. The molecule has 0 unspecified atom stereocenters. The zero-order valence-corrected chi connectivity index (χ0v) is 12.2. The van der Waals surface area contributed by atoms with E-state index >= 15 is 0 Å². The topological polar surface area (TPSA) is 125 Å². The summed E-state index contributed by atoms with van der Waals surface area (Å²) in [6.07, 6.45) is 1.96. The van der Waals surface area contributed by atoms with Crippen molar-refractivity contribution < 1.29 is 16.8 Å². The number of aromatic amines is 1. The summed E-state index contributed by atoms with van der Waals surface area (Å²) >= 11 is 5.51. The third-order valence-electron chi connectivity index (χ3n) is 1.92. The third kappa shape index (κ3) is 5.28. The molecular weight excluding hydrogens is 318 g/mol. The summed E-state index contributed by atoms with van der Waals surface area (Å²) in [6, 6.07) is 1.01. The maximum atomic E-state index is 11.8. The van der Waals surface area contributed by atoms with Gasteiger partial charge in [0.05, 0.1) is 11.2 Å². The van der Waals surface area contributed by atoms with Crippen LogP contribution in [0.15, 0.2) is 22.0 Å². The predicted molar refractivity (Wildman–Crippen MR) is 70.1 cm³/mol. The molecule has 19 heavy (non-hydrogen) atoms. The van der Waals surface area contributed by atoms with Crippen LogP contribution in [0.5, 0.6) is 0 Å². The van der Waals surface area contributed by atoms with Crippen molar-refractivity contribution in [2.75, 3.05) is 19.3 Å². The first kappa shape index (κ1) is 16.1. The number of hydrogen-bond acceptors (Lipinski definition) is 5. The van der Waals surface area contributed by atoms with Crippen molar-refractivity contribution >= 4 is 31.6 Å². The zero-order valence-electron chi connectivity index (χ0n) is 9.80.